The van der Waals surface area contributed by atoms with Gasteiger partial charge in [-0.05, 0) is 36.8 Å². The summed E-state index contributed by atoms with van der Waals surface area (Å²) >= 11 is 6.46. The molecule has 2 aromatic carbocycles. The Morgan fingerprint density at radius 3 is 2.60 bits per heavy atom. The molecular formula is C21H17ClFN5O2. The SMILES string of the molecule is Cc1nc(-c2ccccc2NC(=O)c2c(C)nn(Cc3ccc(F)cc3)c2Cl)no1. The zero-order valence-electron chi connectivity index (χ0n) is 16.2. The maximum absolute atomic E-state index is 13.1. The quantitative estimate of drug-likeness (QED) is 0.503. The van der Waals surface area contributed by atoms with Crippen molar-refractivity contribution >= 4 is 23.2 Å². The number of para-hydroxylation sites is 1. The number of carbonyl (C=O) groups excluding carboxylic acids is 1. The van der Waals surface area contributed by atoms with E-state index in [1.165, 1.54) is 16.8 Å². The first-order chi connectivity index (χ1) is 14.4. The van der Waals surface area contributed by atoms with Crippen LogP contribution >= 0.6 is 11.6 Å². The van der Waals surface area contributed by atoms with Gasteiger partial charge in [-0.2, -0.15) is 10.1 Å². The summed E-state index contributed by atoms with van der Waals surface area (Å²) < 4.78 is 19.7. The molecule has 30 heavy (non-hydrogen) atoms. The second kappa shape index (κ2) is 8.08. The zero-order chi connectivity index (χ0) is 21.3. The van der Waals surface area contributed by atoms with E-state index in [9.17, 15) is 9.18 Å². The Morgan fingerprint density at radius 1 is 1.17 bits per heavy atom. The fourth-order valence-corrected chi connectivity index (χ4v) is 3.38. The summed E-state index contributed by atoms with van der Waals surface area (Å²) in [6.07, 6.45) is 0. The second-order valence-electron chi connectivity index (χ2n) is 6.67. The third-order valence-electron chi connectivity index (χ3n) is 4.48. The van der Waals surface area contributed by atoms with Crippen LogP contribution < -0.4 is 5.32 Å². The van der Waals surface area contributed by atoms with Gasteiger partial charge in [0.05, 0.1) is 23.5 Å². The molecule has 0 spiro atoms. The van der Waals surface area contributed by atoms with Gasteiger partial charge in [-0.1, -0.05) is 41.0 Å². The number of amides is 1. The third kappa shape index (κ3) is 3.95. The molecule has 0 unspecified atom stereocenters. The van der Waals surface area contributed by atoms with E-state index in [2.05, 4.69) is 20.6 Å². The highest BCUT2D eigenvalue weighted by Crippen LogP contribution is 2.28. The lowest BCUT2D eigenvalue weighted by molar-refractivity contribution is 0.102. The van der Waals surface area contributed by atoms with Crippen LogP contribution in [0.4, 0.5) is 10.1 Å². The Balaban J connectivity index is 1.61. The van der Waals surface area contributed by atoms with Gasteiger partial charge in [0.25, 0.3) is 5.91 Å². The number of hydrogen-bond acceptors (Lipinski definition) is 5. The van der Waals surface area contributed by atoms with Gasteiger partial charge in [-0.15, -0.1) is 0 Å². The molecule has 2 heterocycles. The number of carbonyl (C=O) groups is 1. The van der Waals surface area contributed by atoms with Gasteiger partial charge < -0.3 is 9.84 Å². The second-order valence-corrected chi connectivity index (χ2v) is 7.03. The smallest absolute Gasteiger partial charge is 0.260 e. The number of benzene rings is 2. The molecule has 7 nitrogen and oxygen atoms in total. The number of rotatable bonds is 5. The van der Waals surface area contributed by atoms with Gasteiger partial charge in [0.1, 0.15) is 11.0 Å². The highest BCUT2D eigenvalue weighted by Gasteiger charge is 2.22. The van der Waals surface area contributed by atoms with E-state index in [0.717, 1.165) is 5.56 Å². The van der Waals surface area contributed by atoms with Crippen molar-refractivity contribution in [3.63, 3.8) is 0 Å². The van der Waals surface area contributed by atoms with Crippen LogP contribution in [-0.2, 0) is 6.54 Å². The number of anilines is 1. The van der Waals surface area contributed by atoms with Crippen molar-refractivity contribution in [2.75, 3.05) is 5.32 Å². The van der Waals surface area contributed by atoms with Crippen molar-refractivity contribution in [1.82, 2.24) is 19.9 Å². The van der Waals surface area contributed by atoms with Crippen LogP contribution in [0.2, 0.25) is 5.15 Å². The normalized spacial score (nSPS) is 10.9. The van der Waals surface area contributed by atoms with Crippen LogP contribution in [0.1, 0.15) is 27.5 Å². The highest BCUT2D eigenvalue weighted by molar-refractivity contribution is 6.33. The van der Waals surface area contributed by atoms with Gasteiger partial charge in [0.2, 0.25) is 11.7 Å². The van der Waals surface area contributed by atoms with Crippen molar-refractivity contribution in [3.05, 3.63) is 82.2 Å². The lowest BCUT2D eigenvalue weighted by Crippen LogP contribution is -2.14. The zero-order valence-corrected chi connectivity index (χ0v) is 16.9. The monoisotopic (exact) mass is 425 g/mol. The molecule has 0 aliphatic carbocycles. The summed E-state index contributed by atoms with van der Waals surface area (Å²) in [5.74, 6) is 0.0675. The van der Waals surface area contributed by atoms with Crippen LogP contribution in [0.15, 0.2) is 53.1 Å². The van der Waals surface area contributed by atoms with Crippen molar-refractivity contribution < 1.29 is 13.7 Å². The summed E-state index contributed by atoms with van der Waals surface area (Å²) in [4.78, 5) is 17.2. The lowest BCUT2D eigenvalue weighted by Gasteiger charge is -2.09. The van der Waals surface area contributed by atoms with Crippen LogP contribution in [0.5, 0.6) is 0 Å². The van der Waals surface area contributed by atoms with Gasteiger partial charge >= 0.3 is 0 Å². The van der Waals surface area contributed by atoms with Crippen LogP contribution in [0, 0.1) is 19.7 Å². The number of aryl methyl sites for hydroxylation is 2. The van der Waals surface area contributed by atoms with Gasteiger partial charge in [-0.3, -0.25) is 4.79 Å². The maximum Gasteiger partial charge on any atom is 0.260 e. The molecule has 4 rings (SSSR count). The molecule has 0 saturated heterocycles. The summed E-state index contributed by atoms with van der Waals surface area (Å²) in [7, 11) is 0. The fraction of sp³-hybridized carbons (Fsp3) is 0.143. The molecule has 152 valence electrons. The Hall–Kier alpha value is -3.52. The summed E-state index contributed by atoms with van der Waals surface area (Å²) in [6, 6.07) is 13.1. The van der Waals surface area contributed by atoms with Crippen molar-refractivity contribution in [3.8, 4) is 11.4 Å². The van der Waals surface area contributed by atoms with E-state index in [-0.39, 0.29) is 16.5 Å². The molecule has 0 fully saturated rings. The highest BCUT2D eigenvalue weighted by atomic mass is 35.5. The van der Waals surface area contributed by atoms with E-state index in [0.29, 0.717) is 35.2 Å². The van der Waals surface area contributed by atoms with E-state index in [1.54, 1.807) is 44.2 Å². The average molecular weight is 426 g/mol. The molecule has 0 aliphatic rings. The molecule has 0 aliphatic heterocycles. The average Bonchev–Trinajstić information content (AvgIpc) is 3.27. The Bertz CT molecular complexity index is 1220. The number of hydrogen-bond donors (Lipinski definition) is 1. The predicted molar refractivity (Wildman–Crippen MR) is 110 cm³/mol. The van der Waals surface area contributed by atoms with Gasteiger partial charge in [0, 0.05) is 12.5 Å². The maximum atomic E-state index is 13.1. The first kappa shape index (κ1) is 19.8. The number of aromatic nitrogens is 4. The first-order valence-electron chi connectivity index (χ1n) is 9.11. The van der Waals surface area contributed by atoms with Crippen molar-refractivity contribution in [1.29, 1.82) is 0 Å². The van der Waals surface area contributed by atoms with E-state index >= 15 is 0 Å². The molecular weight excluding hydrogens is 409 g/mol. The minimum Gasteiger partial charge on any atom is -0.339 e. The predicted octanol–water partition coefficient (Wildman–Crippen LogP) is 4.64. The number of nitrogens with one attached hydrogen (secondary N) is 1. The van der Waals surface area contributed by atoms with E-state index in [4.69, 9.17) is 16.1 Å². The largest absolute Gasteiger partial charge is 0.339 e. The van der Waals surface area contributed by atoms with E-state index < -0.39 is 5.91 Å². The standard InChI is InChI=1S/C21H17ClFN5O2/c1-12-18(19(22)28(26-12)11-14-7-9-15(23)10-8-14)21(29)25-17-6-4-3-5-16(17)20-24-13(2)30-27-20/h3-10H,11H2,1-2H3,(H,25,29). The molecule has 0 atom stereocenters. The lowest BCUT2D eigenvalue weighted by atomic mass is 10.1. The van der Waals surface area contributed by atoms with Crippen molar-refractivity contribution in [2.24, 2.45) is 0 Å². The topological polar surface area (TPSA) is 85.8 Å². The number of nitrogens with zero attached hydrogens (tertiary/aromatic N) is 4. The van der Waals surface area contributed by atoms with Crippen LogP contribution in [-0.4, -0.2) is 25.8 Å². The Labute approximate surface area is 176 Å². The third-order valence-corrected chi connectivity index (χ3v) is 4.87. The van der Waals surface area contributed by atoms with Gasteiger partial charge in [0.15, 0.2) is 0 Å². The number of halogens is 2. The molecule has 1 N–H and O–H groups in total. The minimum absolute atomic E-state index is 0.196. The summed E-state index contributed by atoms with van der Waals surface area (Å²) in [6.45, 7) is 3.71. The molecule has 0 bridgehead atoms. The fourth-order valence-electron chi connectivity index (χ4n) is 3.06. The molecule has 9 heteroatoms. The van der Waals surface area contributed by atoms with Gasteiger partial charge in [-0.25, -0.2) is 9.07 Å². The Morgan fingerprint density at radius 2 is 1.90 bits per heavy atom. The first-order valence-corrected chi connectivity index (χ1v) is 9.48. The van der Waals surface area contributed by atoms with Crippen LogP contribution in [0.3, 0.4) is 0 Å². The van der Waals surface area contributed by atoms with E-state index in [1.807, 2.05) is 6.07 Å². The molecule has 1 amide bonds. The Kier molecular flexibility index (Phi) is 5.33. The molecule has 4 aromatic rings. The molecule has 0 saturated carbocycles. The van der Waals surface area contributed by atoms with Crippen LogP contribution in [0.25, 0.3) is 11.4 Å². The minimum atomic E-state index is -0.407. The molecule has 0 radical (unpaired) electrons. The summed E-state index contributed by atoms with van der Waals surface area (Å²) in [5.41, 5.74) is 2.69. The molecule has 2 aromatic heterocycles. The summed E-state index contributed by atoms with van der Waals surface area (Å²) in [5, 5.41) is 11.3. The van der Waals surface area contributed by atoms with Crippen molar-refractivity contribution in [2.45, 2.75) is 20.4 Å².